The Bertz CT molecular complexity index is 753. The highest BCUT2D eigenvalue weighted by molar-refractivity contribution is 5.88. The van der Waals surface area contributed by atoms with E-state index in [0.29, 0.717) is 6.07 Å². The Kier molecular flexibility index (Phi) is 7.85. The van der Waals surface area contributed by atoms with E-state index in [-0.39, 0.29) is 16.7 Å². The minimum absolute atomic E-state index is 0.0157. The number of carboxylic acid groups (broad SMARTS) is 1. The number of rotatable bonds is 6. The minimum Gasteiger partial charge on any atom is -0.478 e. The van der Waals surface area contributed by atoms with Crippen molar-refractivity contribution in [2.24, 2.45) is 5.92 Å². The van der Waals surface area contributed by atoms with E-state index in [2.05, 4.69) is 6.92 Å². The lowest BCUT2D eigenvalue weighted by atomic mass is 10.0. The molecule has 1 heterocycles. The lowest BCUT2D eigenvalue weighted by molar-refractivity contribution is -0.0364. The Morgan fingerprint density at radius 2 is 1.74 bits per heavy atom. The molecule has 0 aliphatic carbocycles. The highest BCUT2D eigenvalue weighted by Crippen LogP contribution is 2.25. The van der Waals surface area contributed by atoms with Crippen molar-refractivity contribution in [3.63, 3.8) is 0 Å². The highest BCUT2D eigenvalue weighted by atomic mass is 19.1. The summed E-state index contributed by atoms with van der Waals surface area (Å²) in [5.74, 6) is -2.86. The summed E-state index contributed by atoms with van der Waals surface area (Å²) in [6.45, 7) is 4.31. The topological polar surface area (TPSA) is 46.5 Å². The summed E-state index contributed by atoms with van der Waals surface area (Å²) in [5.41, 5.74) is -0.270. The van der Waals surface area contributed by atoms with Crippen molar-refractivity contribution in [3.05, 3.63) is 59.4 Å². The highest BCUT2D eigenvalue weighted by Gasteiger charge is 2.16. The molecule has 0 radical (unpaired) electrons. The quantitative estimate of drug-likeness (QED) is 0.656. The van der Waals surface area contributed by atoms with Gasteiger partial charge in [0, 0.05) is 17.5 Å². The van der Waals surface area contributed by atoms with Crippen molar-refractivity contribution in [2.75, 3.05) is 13.2 Å². The Balaban J connectivity index is 0.000000244. The monoisotopic (exact) mass is 380 g/mol. The predicted octanol–water partition coefficient (Wildman–Crippen LogP) is 5.68. The first-order valence-corrected chi connectivity index (χ1v) is 8.97. The molecule has 0 unspecified atom stereocenters. The standard InChI is InChI=1S/C13H7F3O2.C8H16O/c14-9-3-8(4-10(15)6-9)11-2-1-7(13(17)18)5-12(11)16;1-2-3-4-5-8-6-9-7-8/h1-6H,(H,17,18);8H,2-7H2,1H3. The molecule has 0 bridgehead atoms. The van der Waals surface area contributed by atoms with Gasteiger partial charge in [-0.15, -0.1) is 0 Å². The molecule has 27 heavy (non-hydrogen) atoms. The average Bonchev–Trinajstić information content (AvgIpc) is 2.56. The van der Waals surface area contributed by atoms with Gasteiger partial charge in [-0.25, -0.2) is 18.0 Å². The third kappa shape index (κ3) is 6.40. The van der Waals surface area contributed by atoms with Crippen LogP contribution in [0.15, 0.2) is 36.4 Å². The zero-order valence-electron chi connectivity index (χ0n) is 15.2. The first kappa shape index (κ1) is 21.0. The van der Waals surface area contributed by atoms with E-state index >= 15 is 0 Å². The number of carboxylic acids is 1. The van der Waals surface area contributed by atoms with Gasteiger partial charge in [0.05, 0.1) is 18.8 Å². The van der Waals surface area contributed by atoms with Gasteiger partial charge in [0.25, 0.3) is 0 Å². The molecule has 0 amide bonds. The molecule has 3 rings (SSSR count). The Labute approximate surface area is 156 Å². The van der Waals surface area contributed by atoms with Crippen LogP contribution >= 0.6 is 0 Å². The average molecular weight is 380 g/mol. The second-order valence-electron chi connectivity index (χ2n) is 6.56. The largest absolute Gasteiger partial charge is 0.478 e. The van der Waals surface area contributed by atoms with Crippen LogP contribution in [0.2, 0.25) is 0 Å². The van der Waals surface area contributed by atoms with Gasteiger partial charge in [-0.2, -0.15) is 0 Å². The van der Waals surface area contributed by atoms with Gasteiger partial charge in [-0.05, 0) is 36.2 Å². The van der Waals surface area contributed by atoms with Gasteiger partial charge in [0.15, 0.2) is 0 Å². The van der Waals surface area contributed by atoms with Gasteiger partial charge in [-0.1, -0.05) is 32.3 Å². The summed E-state index contributed by atoms with van der Waals surface area (Å²) >= 11 is 0. The summed E-state index contributed by atoms with van der Waals surface area (Å²) in [4.78, 5) is 10.6. The molecule has 1 aliphatic heterocycles. The summed E-state index contributed by atoms with van der Waals surface area (Å²) < 4.78 is 44.7. The summed E-state index contributed by atoms with van der Waals surface area (Å²) in [7, 11) is 0. The van der Waals surface area contributed by atoms with Crippen LogP contribution in [0.1, 0.15) is 43.0 Å². The molecular weight excluding hydrogens is 357 g/mol. The van der Waals surface area contributed by atoms with E-state index in [4.69, 9.17) is 9.84 Å². The number of ether oxygens (including phenoxy) is 1. The van der Waals surface area contributed by atoms with Crippen molar-refractivity contribution in [3.8, 4) is 11.1 Å². The van der Waals surface area contributed by atoms with Crippen molar-refractivity contribution in [1.82, 2.24) is 0 Å². The lowest BCUT2D eigenvalue weighted by Gasteiger charge is -2.25. The summed E-state index contributed by atoms with van der Waals surface area (Å²) in [6, 6.07) is 5.77. The van der Waals surface area contributed by atoms with Crippen molar-refractivity contribution in [1.29, 1.82) is 0 Å². The number of unbranched alkanes of at least 4 members (excludes halogenated alkanes) is 2. The van der Waals surface area contributed by atoms with E-state index < -0.39 is 23.4 Å². The van der Waals surface area contributed by atoms with Crippen LogP contribution in [0.3, 0.4) is 0 Å². The fourth-order valence-electron chi connectivity index (χ4n) is 2.73. The van der Waals surface area contributed by atoms with Gasteiger partial charge >= 0.3 is 5.97 Å². The maximum Gasteiger partial charge on any atom is 0.335 e. The molecular formula is C21H23F3O3. The molecule has 146 valence electrons. The van der Waals surface area contributed by atoms with E-state index in [0.717, 1.165) is 37.3 Å². The van der Waals surface area contributed by atoms with Crippen LogP contribution in [0, 0.1) is 23.4 Å². The van der Waals surface area contributed by atoms with Gasteiger partial charge in [-0.3, -0.25) is 0 Å². The number of aromatic carboxylic acids is 1. The Hall–Kier alpha value is -2.34. The molecule has 1 fully saturated rings. The van der Waals surface area contributed by atoms with Crippen molar-refractivity contribution < 1.29 is 27.8 Å². The maximum absolute atomic E-state index is 13.7. The van der Waals surface area contributed by atoms with E-state index in [1.54, 1.807) is 0 Å². The molecule has 1 N–H and O–H groups in total. The second kappa shape index (κ2) is 10.1. The van der Waals surface area contributed by atoms with Crippen molar-refractivity contribution >= 4 is 5.97 Å². The molecule has 0 spiro atoms. The number of hydrogen-bond donors (Lipinski definition) is 1. The zero-order valence-corrected chi connectivity index (χ0v) is 15.2. The lowest BCUT2D eigenvalue weighted by Crippen LogP contribution is -2.27. The molecule has 1 saturated heterocycles. The maximum atomic E-state index is 13.7. The minimum atomic E-state index is -1.27. The number of hydrogen-bond acceptors (Lipinski definition) is 2. The summed E-state index contributed by atoms with van der Waals surface area (Å²) in [6.07, 6.45) is 5.54. The van der Waals surface area contributed by atoms with Crippen molar-refractivity contribution in [2.45, 2.75) is 32.6 Å². The molecule has 2 aromatic carbocycles. The first-order valence-electron chi connectivity index (χ1n) is 8.97. The van der Waals surface area contributed by atoms with Gasteiger partial charge in [0.1, 0.15) is 17.5 Å². The van der Waals surface area contributed by atoms with E-state index in [9.17, 15) is 18.0 Å². The van der Waals surface area contributed by atoms with Crippen LogP contribution < -0.4 is 0 Å². The SMILES string of the molecule is CCCCCC1COC1.O=C(O)c1ccc(-c2cc(F)cc(F)c2)c(F)c1. The molecule has 0 aromatic heterocycles. The molecule has 0 atom stereocenters. The number of halogens is 3. The molecule has 6 heteroatoms. The van der Waals surface area contributed by atoms with Crippen LogP contribution in [0.25, 0.3) is 11.1 Å². The number of carbonyl (C=O) groups is 1. The van der Waals surface area contributed by atoms with Crippen LogP contribution in [-0.2, 0) is 4.74 Å². The smallest absolute Gasteiger partial charge is 0.335 e. The Morgan fingerprint density at radius 3 is 2.22 bits per heavy atom. The first-order chi connectivity index (χ1) is 12.9. The third-order valence-corrected chi connectivity index (χ3v) is 4.31. The van der Waals surface area contributed by atoms with Crippen LogP contribution in [0.5, 0.6) is 0 Å². The molecule has 3 nitrogen and oxygen atoms in total. The second-order valence-corrected chi connectivity index (χ2v) is 6.56. The fourth-order valence-corrected chi connectivity index (χ4v) is 2.73. The molecule has 0 saturated carbocycles. The molecule has 2 aromatic rings. The van der Waals surface area contributed by atoms with Gasteiger partial charge < -0.3 is 9.84 Å². The fraction of sp³-hybridized carbons (Fsp3) is 0.381. The number of benzene rings is 2. The normalized spacial score (nSPS) is 13.5. The zero-order chi connectivity index (χ0) is 19.8. The van der Waals surface area contributed by atoms with E-state index in [1.807, 2.05) is 0 Å². The van der Waals surface area contributed by atoms with E-state index in [1.165, 1.54) is 37.8 Å². The Morgan fingerprint density at radius 1 is 1.07 bits per heavy atom. The van der Waals surface area contributed by atoms with Gasteiger partial charge in [0.2, 0.25) is 0 Å². The van der Waals surface area contributed by atoms with Crippen LogP contribution in [-0.4, -0.2) is 24.3 Å². The van der Waals surface area contributed by atoms with Crippen LogP contribution in [0.4, 0.5) is 13.2 Å². The third-order valence-electron chi connectivity index (χ3n) is 4.31. The summed E-state index contributed by atoms with van der Waals surface area (Å²) in [5, 5.41) is 8.67. The predicted molar refractivity (Wildman–Crippen MR) is 97.2 cm³/mol. The molecule has 1 aliphatic rings.